The smallest absolute Gasteiger partial charge is 0.228 e. The number of benzene rings is 2. The largest absolute Gasteiger partial charge is 0.493 e. The molecule has 0 aliphatic heterocycles. The van der Waals surface area contributed by atoms with Crippen LogP contribution >= 0.6 is 11.3 Å². The van der Waals surface area contributed by atoms with Gasteiger partial charge < -0.3 is 18.8 Å². The highest BCUT2D eigenvalue weighted by Gasteiger charge is 2.22. The Hall–Kier alpha value is -3.32. The molecule has 1 unspecified atom stereocenters. The Balaban J connectivity index is 1.47. The molecule has 31 heavy (non-hydrogen) atoms. The van der Waals surface area contributed by atoms with Crippen LogP contribution in [-0.4, -0.2) is 37.1 Å². The molecule has 4 rings (SSSR count). The molecule has 0 saturated heterocycles. The molecular weight excluding hydrogens is 412 g/mol. The number of hydrogen-bond acceptors (Lipinski definition) is 6. The first kappa shape index (κ1) is 20.9. The lowest BCUT2D eigenvalue weighted by Gasteiger charge is -2.23. The van der Waals surface area contributed by atoms with Gasteiger partial charge in [-0.25, -0.2) is 4.98 Å². The van der Waals surface area contributed by atoms with E-state index < -0.39 is 0 Å². The Morgan fingerprint density at radius 3 is 2.65 bits per heavy atom. The van der Waals surface area contributed by atoms with Gasteiger partial charge in [0.1, 0.15) is 16.4 Å². The molecule has 0 aliphatic carbocycles. The third-order valence-corrected chi connectivity index (χ3v) is 6.29. The van der Waals surface area contributed by atoms with E-state index in [0.717, 1.165) is 33.0 Å². The van der Waals surface area contributed by atoms with E-state index in [2.05, 4.69) is 4.98 Å². The lowest BCUT2D eigenvalue weighted by Crippen LogP contribution is -2.30. The Morgan fingerprint density at radius 1 is 1.13 bits per heavy atom. The minimum Gasteiger partial charge on any atom is -0.493 e. The number of rotatable bonds is 7. The maximum Gasteiger partial charge on any atom is 0.228 e. The van der Waals surface area contributed by atoms with Gasteiger partial charge in [-0.2, -0.15) is 0 Å². The summed E-state index contributed by atoms with van der Waals surface area (Å²) in [5.74, 6) is 2.06. The summed E-state index contributed by atoms with van der Waals surface area (Å²) in [6, 6.07) is 15.3. The molecule has 6 nitrogen and oxygen atoms in total. The zero-order valence-electron chi connectivity index (χ0n) is 17.9. The Labute approximate surface area is 185 Å². The summed E-state index contributed by atoms with van der Waals surface area (Å²) in [6.45, 7) is 1.96. The van der Waals surface area contributed by atoms with Crippen LogP contribution in [0.1, 0.15) is 24.4 Å². The van der Waals surface area contributed by atoms with Gasteiger partial charge in [0, 0.05) is 23.4 Å². The van der Waals surface area contributed by atoms with Crippen molar-refractivity contribution >= 4 is 28.2 Å². The predicted molar refractivity (Wildman–Crippen MR) is 122 cm³/mol. The van der Waals surface area contributed by atoms with Crippen molar-refractivity contribution in [3.8, 4) is 22.1 Å². The van der Waals surface area contributed by atoms with Gasteiger partial charge >= 0.3 is 0 Å². The zero-order chi connectivity index (χ0) is 22.0. The molecule has 2 aromatic carbocycles. The molecule has 0 N–H and O–H groups in total. The van der Waals surface area contributed by atoms with Crippen LogP contribution in [0.15, 0.2) is 58.3 Å². The molecule has 0 fully saturated rings. The fourth-order valence-electron chi connectivity index (χ4n) is 3.38. The normalized spacial score (nSPS) is 12.0. The van der Waals surface area contributed by atoms with Gasteiger partial charge in [-0.05, 0) is 37.3 Å². The van der Waals surface area contributed by atoms with Crippen molar-refractivity contribution in [2.24, 2.45) is 0 Å². The SMILES string of the molecule is COc1ccc(-c2nc(CC(=O)N(C)C(C)c3cc4ccccc4o3)cs2)cc1OC. The molecule has 2 heterocycles. The molecule has 1 amide bonds. The van der Waals surface area contributed by atoms with Crippen molar-refractivity contribution in [2.75, 3.05) is 21.3 Å². The molecule has 0 spiro atoms. The molecule has 7 heteroatoms. The standard InChI is InChI=1S/C24H24N2O4S/c1-15(21-11-16-7-5-6-8-19(16)30-21)26(2)23(27)13-18-14-31-24(25-18)17-9-10-20(28-3)22(12-17)29-4/h5-12,14-15H,13H2,1-4H3. The Bertz CT molecular complexity index is 1180. The molecule has 2 aromatic heterocycles. The van der Waals surface area contributed by atoms with E-state index in [0.29, 0.717) is 11.5 Å². The summed E-state index contributed by atoms with van der Waals surface area (Å²) in [5.41, 5.74) is 2.48. The van der Waals surface area contributed by atoms with Gasteiger partial charge in [0.05, 0.1) is 32.4 Å². The van der Waals surface area contributed by atoms with Crippen LogP contribution < -0.4 is 9.47 Å². The Kier molecular flexibility index (Phi) is 5.95. The van der Waals surface area contributed by atoms with Gasteiger partial charge in [0.15, 0.2) is 11.5 Å². The minimum absolute atomic E-state index is 0.0166. The van der Waals surface area contributed by atoms with Gasteiger partial charge in [-0.1, -0.05) is 18.2 Å². The van der Waals surface area contributed by atoms with E-state index in [4.69, 9.17) is 13.9 Å². The molecule has 160 valence electrons. The van der Waals surface area contributed by atoms with Crippen molar-refractivity contribution in [3.05, 3.63) is 65.4 Å². The first-order valence-electron chi connectivity index (χ1n) is 9.91. The summed E-state index contributed by atoms with van der Waals surface area (Å²) >= 11 is 1.50. The topological polar surface area (TPSA) is 64.8 Å². The fourth-order valence-corrected chi connectivity index (χ4v) is 4.20. The van der Waals surface area contributed by atoms with Crippen molar-refractivity contribution in [1.29, 1.82) is 0 Å². The van der Waals surface area contributed by atoms with Crippen molar-refractivity contribution in [2.45, 2.75) is 19.4 Å². The number of carbonyl (C=O) groups excluding carboxylic acids is 1. The summed E-state index contributed by atoms with van der Waals surface area (Å²) < 4.78 is 16.6. The van der Waals surface area contributed by atoms with Crippen LogP contribution in [0.4, 0.5) is 0 Å². The molecule has 0 aliphatic rings. The second-order valence-corrected chi connectivity index (χ2v) is 8.12. The van der Waals surface area contributed by atoms with E-state index in [-0.39, 0.29) is 18.4 Å². The van der Waals surface area contributed by atoms with Crippen LogP contribution in [0.2, 0.25) is 0 Å². The summed E-state index contributed by atoms with van der Waals surface area (Å²) in [6.07, 6.45) is 0.227. The Morgan fingerprint density at radius 2 is 1.90 bits per heavy atom. The number of thiazole rings is 1. The maximum atomic E-state index is 12.9. The number of methoxy groups -OCH3 is 2. The molecular formula is C24H24N2O4S. The van der Waals surface area contributed by atoms with Crippen LogP contribution in [0.5, 0.6) is 11.5 Å². The minimum atomic E-state index is -0.177. The average Bonchev–Trinajstić information content (AvgIpc) is 3.44. The van der Waals surface area contributed by atoms with E-state index in [1.165, 1.54) is 11.3 Å². The van der Waals surface area contributed by atoms with Crippen molar-refractivity contribution in [3.63, 3.8) is 0 Å². The molecule has 0 saturated carbocycles. The van der Waals surface area contributed by atoms with Crippen LogP contribution in [0, 0.1) is 0 Å². The first-order chi connectivity index (χ1) is 15.0. The number of nitrogens with zero attached hydrogens (tertiary/aromatic N) is 2. The lowest BCUT2D eigenvalue weighted by molar-refractivity contribution is -0.131. The van der Waals surface area contributed by atoms with Gasteiger partial charge in [0.2, 0.25) is 5.91 Å². The second kappa shape index (κ2) is 8.81. The lowest BCUT2D eigenvalue weighted by atomic mass is 10.2. The number of hydrogen-bond donors (Lipinski definition) is 0. The number of aromatic nitrogens is 1. The predicted octanol–water partition coefficient (Wildman–Crippen LogP) is 5.34. The van der Waals surface area contributed by atoms with E-state index in [9.17, 15) is 4.79 Å². The number of fused-ring (bicyclic) bond motifs is 1. The molecule has 1 atom stereocenters. The van der Waals surface area contributed by atoms with Crippen molar-refractivity contribution < 1.29 is 18.7 Å². The average molecular weight is 437 g/mol. The number of ether oxygens (including phenoxy) is 2. The maximum absolute atomic E-state index is 12.9. The van der Waals surface area contributed by atoms with E-state index in [1.54, 1.807) is 26.2 Å². The van der Waals surface area contributed by atoms with Crippen LogP contribution in [0.25, 0.3) is 21.5 Å². The van der Waals surface area contributed by atoms with Crippen LogP contribution in [0.3, 0.4) is 0 Å². The molecule has 0 bridgehead atoms. The second-order valence-electron chi connectivity index (χ2n) is 7.26. The number of amides is 1. The number of furan rings is 1. The van der Waals surface area contributed by atoms with E-state index in [1.807, 2.05) is 60.8 Å². The highest BCUT2D eigenvalue weighted by Crippen LogP contribution is 2.34. The highest BCUT2D eigenvalue weighted by molar-refractivity contribution is 7.13. The van der Waals surface area contributed by atoms with E-state index >= 15 is 0 Å². The summed E-state index contributed by atoms with van der Waals surface area (Å²) in [7, 11) is 5.00. The molecule has 0 radical (unpaired) electrons. The van der Waals surface area contributed by atoms with Gasteiger partial charge in [-0.15, -0.1) is 11.3 Å². The third kappa shape index (κ3) is 4.27. The summed E-state index contributed by atoms with van der Waals surface area (Å²) in [4.78, 5) is 19.2. The number of likely N-dealkylation sites (N-methyl/N-ethyl adjacent to an activating group) is 1. The fraction of sp³-hybridized carbons (Fsp3) is 0.250. The molecule has 4 aromatic rings. The number of para-hydroxylation sites is 1. The summed E-state index contributed by atoms with van der Waals surface area (Å²) in [5, 5.41) is 3.78. The quantitative estimate of drug-likeness (QED) is 0.391. The third-order valence-electron chi connectivity index (χ3n) is 5.35. The number of carbonyl (C=O) groups is 1. The zero-order valence-corrected chi connectivity index (χ0v) is 18.7. The van der Waals surface area contributed by atoms with Gasteiger partial charge in [0.25, 0.3) is 0 Å². The highest BCUT2D eigenvalue weighted by atomic mass is 32.1. The van der Waals surface area contributed by atoms with Crippen molar-refractivity contribution in [1.82, 2.24) is 9.88 Å². The first-order valence-corrected chi connectivity index (χ1v) is 10.8. The van der Waals surface area contributed by atoms with Gasteiger partial charge in [-0.3, -0.25) is 4.79 Å². The monoisotopic (exact) mass is 436 g/mol. The van der Waals surface area contributed by atoms with Crippen LogP contribution in [-0.2, 0) is 11.2 Å².